The molecule has 2 heterocycles. The molecular weight excluding hydrogens is 468 g/mol. The second kappa shape index (κ2) is 10.3. The van der Waals surface area contributed by atoms with Crippen LogP contribution < -0.4 is 5.32 Å². The minimum atomic E-state index is -0.889. The van der Waals surface area contributed by atoms with E-state index in [0.29, 0.717) is 18.7 Å². The molecule has 0 spiro atoms. The molecule has 2 aromatic carbocycles. The number of carboxylic acid groups (broad SMARTS) is 1. The first-order valence-corrected chi connectivity index (χ1v) is 12.9. The predicted octanol–water partition coefficient (Wildman–Crippen LogP) is 2.96. The Labute approximate surface area is 208 Å². The fraction of sp³-hybridized carbons (Fsp3) is 0.423. The highest BCUT2D eigenvalue weighted by Crippen LogP contribution is 2.44. The van der Waals surface area contributed by atoms with E-state index in [4.69, 9.17) is 9.47 Å². The van der Waals surface area contributed by atoms with E-state index < -0.39 is 17.3 Å². The van der Waals surface area contributed by atoms with Crippen molar-refractivity contribution in [3.8, 4) is 11.1 Å². The summed E-state index contributed by atoms with van der Waals surface area (Å²) in [5.41, 5.74) is 4.66. The van der Waals surface area contributed by atoms with Crippen LogP contribution >= 0.6 is 11.8 Å². The Hall–Kier alpha value is -3.04. The Morgan fingerprint density at radius 2 is 1.77 bits per heavy atom. The van der Waals surface area contributed by atoms with E-state index >= 15 is 0 Å². The zero-order chi connectivity index (χ0) is 24.4. The zero-order valence-corrected chi connectivity index (χ0v) is 20.0. The summed E-state index contributed by atoms with van der Waals surface area (Å²) in [5.74, 6) is -0.666. The highest BCUT2D eigenvalue weighted by molar-refractivity contribution is 8.00. The van der Waals surface area contributed by atoms with Crippen LogP contribution in [0, 0.1) is 5.92 Å². The van der Waals surface area contributed by atoms with Gasteiger partial charge in [-0.25, -0.2) is 4.79 Å². The number of carbonyl (C=O) groups excluding carboxylic acids is 2. The van der Waals surface area contributed by atoms with E-state index in [2.05, 4.69) is 29.6 Å². The lowest BCUT2D eigenvalue weighted by atomic mass is 9.98. The number of nitrogens with zero attached hydrogens (tertiary/aromatic N) is 1. The molecule has 35 heavy (non-hydrogen) atoms. The molecule has 0 saturated carbocycles. The molecule has 0 radical (unpaired) electrons. The van der Waals surface area contributed by atoms with Crippen molar-refractivity contribution < 1.29 is 29.0 Å². The topological polar surface area (TPSA) is 105 Å². The van der Waals surface area contributed by atoms with E-state index in [1.807, 2.05) is 24.3 Å². The molecule has 2 N–H and O–H groups in total. The van der Waals surface area contributed by atoms with Crippen molar-refractivity contribution in [3.05, 3.63) is 59.7 Å². The van der Waals surface area contributed by atoms with Crippen LogP contribution in [0.15, 0.2) is 48.5 Å². The first-order valence-electron chi connectivity index (χ1n) is 11.8. The quantitative estimate of drug-likeness (QED) is 0.634. The number of alkyl carbamates (subject to hydrolysis) is 1. The van der Waals surface area contributed by atoms with Crippen LogP contribution in [0.25, 0.3) is 11.1 Å². The number of carboxylic acids is 1. The van der Waals surface area contributed by atoms with Gasteiger partial charge >= 0.3 is 12.1 Å². The summed E-state index contributed by atoms with van der Waals surface area (Å²) < 4.78 is 11.3. The van der Waals surface area contributed by atoms with Gasteiger partial charge in [0, 0.05) is 31.3 Å². The van der Waals surface area contributed by atoms with Gasteiger partial charge < -0.3 is 24.8 Å². The number of rotatable bonds is 6. The Kier molecular flexibility index (Phi) is 6.97. The Balaban J connectivity index is 1.09. The predicted molar refractivity (Wildman–Crippen MR) is 131 cm³/mol. The SMILES string of the molecule is O=C(NC[C@@H]1C[C@H](C(=O)N2CCSC(C(=O)O)C2)CO1)OCC1c2ccccc2-c2ccccc21. The maximum Gasteiger partial charge on any atom is 0.407 e. The number of amides is 2. The van der Waals surface area contributed by atoms with Crippen LogP contribution in [-0.4, -0.2) is 77.9 Å². The third-order valence-corrected chi connectivity index (χ3v) is 8.07. The zero-order valence-electron chi connectivity index (χ0n) is 19.2. The van der Waals surface area contributed by atoms with Crippen molar-refractivity contribution in [1.29, 1.82) is 0 Å². The van der Waals surface area contributed by atoms with Gasteiger partial charge in [-0.1, -0.05) is 48.5 Å². The number of hydrogen-bond donors (Lipinski definition) is 2. The van der Waals surface area contributed by atoms with E-state index in [0.717, 1.165) is 11.1 Å². The number of ether oxygens (including phenoxy) is 2. The van der Waals surface area contributed by atoms with Gasteiger partial charge in [0.05, 0.1) is 18.6 Å². The summed E-state index contributed by atoms with van der Waals surface area (Å²) in [4.78, 5) is 38.2. The summed E-state index contributed by atoms with van der Waals surface area (Å²) in [6, 6.07) is 16.4. The fourth-order valence-corrected chi connectivity index (χ4v) is 6.16. The fourth-order valence-electron chi connectivity index (χ4n) is 5.12. The summed E-state index contributed by atoms with van der Waals surface area (Å²) in [6.07, 6.45) is -0.300. The molecule has 2 amide bonds. The van der Waals surface area contributed by atoms with Crippen molar-refractivity contribution in [2.45, 2.75) is 23.7 Å². The molecule has 3 atom stereocenters. The van der Waals surface area contributed by atoms with Crippen molar-refractivity contribution in [2.24, 2.45) is 5.92 Å². The molecule has 2 aliphatic heterocycles. The van der Waals surface area contributed by atoms with Crippen molar-refractivity contribution in [3.63, 3.8) is 0 Å². The summed E-state index contributed by atoms with van der Waals surface area (Å²) in [6.45, 7) is 1.54. The van der Waals surface area contributed by atoms with Gasteiger partial charge in [-0.3, -0.25) is 9.59 Å². The maximum absolute atomic E-state index is 12.8. The van der Waals surface area contributed by atoms with Crippen LogP contribution in [0.3, 0.4) is 0 Å². The molecule has 0 aromatic heterocycles. The first kappa shape index (κ1) is 23.7. The lowest BCUT2D eigenvalue weighted by molar-refractivity contribution is -0.139. The number of fused-ring (bicyclic) bond motifs is 3. The minimum absolute atomic E-state index is 0.00443. The van der Waals surface area contributed by atoms with Crippen molar-refractivity contribution in [1.82, 2.24) is 10.2 Å². The average molecular weight is 497 g/mol. The van der Waals surface area contributed by atoms with Gasteiger partial charge in [0.1, 0.15) is 11.9 Å². The van der Waals surface area contributed by atoms with Crippen LogP contribution in [0.1, 0.15) is 23.5 Å². The number of benzene rings is 2. The van der Waals surface area contributed by atoms with Gasteiger partial charge in [-0.05, 0) is 28.7 Å². The van der Waals surface area contributed by atoms with E-state index in [1.165, 1.54) is 22.9 Å². The molecular formula is C26H28N2O6S. The maximum atomic E-state index is 12.8. The lowest BCUT2D eigenvalue weighted by Gasteiger charge is -2.31. The molecule has 0 bridgehead atoms. The average Bonchev–Trinajstić information content (AvgIpc) is 3.49. The summed E-state index contributed by atoms with van der Waals surface area (Å²) >= 11 is 1.37. The standard InChI is InChI=1S/C26H28N2O6S/c29-24(28-9-10-35-23(13-28)25(30)31)16-11-17(33-14-16)12-27-26(32)34-15-22-20-7-3-1-5-18(20)19-6-2-4-8-21(19)22/h1-8,16-17,22-23H,9-15H2,(H,27,32)(H,30,31)/t16-,17-,23?/m0/s1. The monoisotopic (exact) mass is 496 g/mol. The molecule has 1 unspecified atom stereocenters. The molecule has 2 saturated heterocycles. The second-order valence-corrected chi connectivity index (χ2v) is 10.4. The Bertz CT molecular complexity index is 1080. The molecule has 184 valence electrons. The van der Waals surface area contributed by atoms with Crippen LogP contribution in [-0.2, 0) is 19.1 Å². The third-order valence-electron chi connectivity index (χ3n) is 6.90. The number of thioether (sulfide) groups is 1. The van der Waals surface area contributed by atoms with Crippen LogP contribution in [0.4, 0.5) is 4.79 Å². The van der Waals surface area contributed by atoms with Gasteiger partial charge in [0.2, 0.25) is 5.91 Å². The number of hydrogen-bond acceptors (Lipinski definition) is 6. The van der Waals surface area contributed by atoms with Gasteiger partial charge in [-0.15, -0.1) is 11.8 Å². The van der Waals surface area contributed by atoms with Crippen LogP contribution in [0.2, 0.25) is 0 Å². The van der Waals surface area contributed by atoms with Crippen molar-refractivity contribution >= 4 is 29.7 Å². The van der Waals surface area contributed by atoms with Gasteiger partial charge in [0.25, 0.3) is 0 Å². The molecule has 3 aliphatic rings. The normalized spacial score (nSPS) is 23.4. The number of carbonyl (C=O) groups is 3. The highest BCUT2D eigenvalue weighted by Gasteiger charge is 2.37. The van der Waals surface area contributed by atoms with E-state index in [1.54, 1.807) is 4.90 Å². The van der Waals surface area contributed by atoms with E-state index in [-0.39, 0.29) is 50.2 Å². The van der Waals surface area contributed by atoms with E-state index in [9.17, 15) is 19.5 Å². The number of aliphatic carboxylic acids is 1. The highest BCUT2D eigenvalue weighted by atomic mass is 32.2. The van der Waals surface area contributed by atoms with Crippen LogP contribution in [0.5, 0.6) is 0 Å². The number of nitrogens with one attached hydrogen (secondary N) is 1. The summed E-state index contributed by atoms with van der Waals surface area (Å²) in [5, 5.41) is 11.4. The Morgan fingerprint density at radius 3 is 2.46 bits per heavy atom. The molecule has 5 rings (SSSR count). The van der Waals surface area contributed by atoms with Gasteiger partial charge in [0.15, 0.2) is 0 Å². The molecule has 1 aliphatic carbocycles. The first-order chi connectivity index (χ1) is 17.0. The smallest absolute Gasteiger partial charge is 0.407 e. The summed E-state index contributed by atoms with van der Waals surface area (Å²) in [7, 11) is 0. The third kappa shape index (κ3) is 5.01. The van der Waals surface area contributed by atoms with Crippen molar-refractivity contribution in [2.75, 3.05) is 38.6 Å². The molecule has 8 nitrogen and oxygen atoms in total. The minimum Gasteiger partial charge on any atom is -0.480 e. The lowest BCUT2D eigenvalue weighted by Crippen LogP contribution is -2.47. The molecule has 9 heteroatoms. The largest absolute Gasteiger partial charge is 0.480 e. The second-order valence-electron chi connectivity index (χ2n) is 9.08. The molecule has 2 fully saturated rings. The molecule has 2 aromatic rings. The van der Waals surface area contributed by atoms with Gasteiger partial charge in [-0.2, -0.15) is 0 Å². The Morgan fingerprint density at radius 1 is 1.09 bits per heavy atom.